The van der Waals surface area contributed by atoms with Crippen LogP contribution in [0.4, 0.5) is 5.69 Å². The van der Waals surface area contributed by atoms with Crippen LogP contribution in [0, 0.1) is 0 Å². The van der Waals surface area contributed by atoms with Crippen LogP contribution in [0.1, 0.15) is 23.7 Å². The van der Waals surface area contributed by atoms with Gasteiger partial charge in [-0.3, -0.25) is 0 Å². The van der Waals surface area contributed by atoms with E-state index in [0.29, 0.717) is 24.5 Å². The summed E-state index contributed by atoms with van der Waals surface area (Å²) in [7, 11) is 0. The molecule has 0 spiro atoms. The predicted molar refractivity (Wildman–Crippen MR) is 69.9 cm³/mol. The average Bonchev–Trinajstić information content (AvgIpc) is 2.32. The Labute approximate surface area is 109 Å². The van der Waals surface area contributed by atoms with Crippen LogP contribution in [-0.4, -0.2) is 25.8 Å². The number of nitrogen functional groups attached to an aromatic ring is 1. The van der Waals surface area contributed by atoms with Gasteiger partial charge < -0.3 is 15.2 Å². The van der Waals surface area contributed by atoms with E-state index in [0.717, 1.165) is 10.9 Å². The minimum atomic E-state index is -0.385. The molecule has 5 heteroatoms. The van der Waals surface area contributed by atoms with Gasteiger partial charge in [0.15, 0.2) is 0 Å². The summed E-state index contributed by atoms with van der Waals surface area (Å²) in [6.07, 6.45) is 0.956. The minimum absolute atomic E-state index is 0.259. The first-order chi connectivity index (χ1) is 8.15. The maximum atomic E-state index is 11.6. The molecule has 0 aliphatic carbocycles. The zero-order valence-corrected chi connectivity index (χ0v) is 11.3. The first-order valence-electron chi connectivity index (χ1n) is 5.45. The molecular formula is C12H16BrNO3. The molecule has 0 fully saturated rings. The summed E-state index contributed by atoms with van der Waals surface area (Å²) in [6.45, 7) is 3.39. The highest BCUT2D eigenvalue weighted by Gasteiger charge is 2.08. The number of hydrogen-bond acceptors (Lipinski definition) is 4. The molecule has 0 atom stereocenters. The summed E-state index contributed by atoms with van der Waals surface area (Å²) in [6, 6.07) is 4.97. The van der Waals surface area contributed by atoms with E-state index in [1.54, 1.807) is 18.2 Å². The number of carbonyl (C=O) groups is 1. The van der Waals surface area contributed by atoms with E-state index in [1.807, 2.05) is 6.92 Å². The molecule has 0 saturated heterocycles. The molecule has 1 aromatic carbocycles. The summed E-state index contributed by atoms with van der Waals surface area (Å²) in [5.74, 6) is -0.385. The number of nitrogens with two attached hydrogens (primary N) is 1. The van der Waals surface area contributed by atoms with Crippen molar-refractivity contribution in [1.82, 2.24) is 0 Å². The zero-order chi connectivity index (χ0) is 12.7. The summed E-state index contributed by atoms with van der Waals surface area (Å²) < 4.78 is 11.0. The number of carbonyl (C=O) groups excluding carboxylic acids is 1. The van der Waals surface area contributed by atoms with Gasteiger partial charge in [0.25, 0.3) is 0 Å². The summed E-state index contributed by atoms with van der Waals surface area (Å²) in [4.78, 5) is 11.6. The fourth-order valence-electron chi connectivity index (χ4n) is 1.19. The molecule has 2 N–H and O–H groups in total. The van der Waals surface area contributed by atoms with Gasteiger partial charge in [-0.1, -0.05) is 6.92 Å². The lowest BCUT2D eigenvalue weighted by Gasteiger charge is -2.06. The highest BCUT2D eigenvalue weighted by Crippen LogP contribution is 2.20. The second-order valence-corrected chi connectivity index (χ2v) is 4.34. The van der Waals surface area contributed by atoms with E-state index >= 15 is 0 Å². The largest absolute Gasteiger partial charge is 0.460 e. The average molecular weight is 302 g/mol. The Morgan fingerprint density at radius 1 is 1.35 bits per heavy atom. The van der Waals surface area contributed by atoms with Crippen LogP contribution >= 0.6 is 15.9 Å². The Morgan fingerprint density at radius 3 is 2.76 bits per heavy atom. The van der Waals surface area contributed by atoms with E-state index in [4.69, 9.17) is 15.2 Å². The van der Waals surface area contributed by atoms with Crippen molar-refractivity contribution < 1.29 is 14.3 Å². The summed E-state index contributed by atoms with van der Waals surface area (Å²) in [5, 5.41) is 0. The van der Waals surface area contributed by atoms with Crippen LogP contribution in [-0.2, 0) is 9.47 Å². The smallest absolute Gasteiger partial charge is 0.338 e. The van der Waals surface area contributed by atoms with E-state index < -0.39 is 0 Å². The third-order valence-electron chi connectivity index (χ3n) is 2.04. The fraction of sp³-hybridized carbons (Fsp3) is 0.417. The SMILES string of the molecule is CCCOCCOC(=O)c1ccc(Br)c(N)c1. The predicted octanol–water partition coefficient (Wildman–Crippen LogP) is 2.61. The number of hydrogen-bond donors (Lipinski definition) is 1. The van der Waals surface area contributed by atoms with Gasteiger partial charge in [-0.15, -0.1) is 0 Å². The fourth-order valence-corrected chi connectivity index (χ4v) is 1.44. The molecule has 0 saturated carbocycles. The topological polar surface area (TPSA) is 61.5 Å². The van der Waals surface area contributed by atoms with Crippen molar-refractivity contribution in [3.63, 3.8) is 0 Å². The molecule has 1 rings (SSSR count). The molecule has 0 radical (unpaired) electrons. The maximum absolute atomic E-state index is 11.6. The van der Waals surface area contributed by atoms with Crippen molar-refractivity contribution in [2.45, 2.75) is 13.3 Å². The van der Waals surface area contributed by atoms with E-state index in [-0.39, 0.29) is 12.6 Å². The molecular weight excluding hydrogens is 286 g/mol. The van der Waals surface area contributed by atoms with Crippen LogP contribution in [0.2, 0.25) is 0 Å². The Hall–Kier alpha value is -1.07. The molecule has 0 bridgehead atoms. The monoisotopic (exact) mass is 301 g/mol. The van der Waals surface area contributed by atoms with Crippen molar-refractivity contribution in [1.29, 1.82) is 0 Å². The Balaban J connectivity index is 2.39. The maximum Gasteiger partial charge on any atom is 0.338 e. The second-order valence-electron chi connectivity index (χ2n) is 3.48. The van der Waals surface area contributed by atoms with Crippen LogP contribution in [0.25, 0.3) is 0 Å². The molecule has 17 heavy (non-hydrogen) atoms. The number of anilines is 1. The summed E-state index contributed by atoms with van der Waals surface area (Å²) >= 11 is 3.26. The zero-order valence-electron chi connectivity index (χ0n) is 9.74. The lowest BCUT2D eigenvalue weighted by molar-refractivity contribution is 0.0318. The standard InChI is InChI=1S/C12H16BrNO3/c1-2-5-16-6-7-17-12(15)9-3-4-10(13)11(14)8-9/h3-4,8H,2,5-7,14H2,1H3. The van der Waals surface area contributed by atoms with Crippen molar-refractivity contribution in [3.8, 4) is 0 Å². The second kappa shape index (κ2) is 7.29. The number of esters is 1. The van der Waals surface area contributed by atoms with E-state index in [1.165, 1.54) is 0 Å². The highest BCUT2D eigenvalue weighted by molar-refractivity contribution is 9.10. The van der Waals surface area contributed by atoms with E-state index in [2.05, 4.69) is 15.9 Å². The Morgan fingerprint density at radius 2 is 2.12 bits per heavy atom. The van der Waals surface area contributed by atoms with Gasteiger partial charge in [-0.05, 0) is 40.5 Å². The minimum Gasteiger partial charge on any atom is -0.460 e. The molecule has 0 amide bonds. The van der Waals surface area contributed by atoms with Crippen molar-refractivity contribution >= 4 is 27.6 Å². The van der Waals surface area contributed by atoms with Crippen LogP contribution < -0.4 is 5.73 Å². The third-order valence-corrected chi connectivity index (χ3v) is 2.76. The molecule has 0 aromatic heterocycles. The van der Waals surface area contributed by atoms with Crippen LogP contribution in [0.5, 0.6) is 0 Å². The summed E-state index contributed by atoms with van der Waals surface area (Å²) in [5.41, 5.74) is 6.63. The van der Waals surface area contributed by atoms with Gasteiger partial charge in [0, 0.05) is 16.8 Å². The van der Waals surface area contributed by atoms with Gasteiger partial charge in [0.1, 0.15) is 6.61 Å². The van der Waals surface area contributed by atoms with Gasteiger partial charge >= 0.3 is 5.97 Å². The lowest BCUT2D eigenvalue weighted by Crippen LogP contribution is -2.11. The van der Waals surface area contributed by atoms with Gasteiger partial charge in [0.05, 0.1) is 12.2 Å². The van der Waals surface area contributed by atoms with Gasteiger partial charge in [0.2, 0.25) is 0 Å². The molecule has 0 aliphatic rings. The third kappa shape index (κ3) is 4.75. The number of rotatable bonds is 6. The first kappa shape index (κ1) is 14.0. The van der Waals surface area contributed by atoms with Crippen molar-refractivity contribution in [3.05, 3.63) is 28.2 Å². The highest BCUT2D eigenvalue weighted by atomic mass is 79.9. The van der Waals surface area contributed by atoms with Gasteiger partial charge in [-0.25, -0.2) is 4.79 Å². The number of halogens is 1. The first-order valence-corrected chi connectivity index (χ1v) is 6.24. The molecule has 1 aromatic rings. The van der Waals surface area contributed by atoms with Crippen molar-refractivity contribution in [2.75, 3.05) is 25.6 Å². The number of ether oxygens (including phenoxy) is 2. The number of benzene rings is 1. The van der Waals surface area contributed by atoms with Gasteiger partial charge in [-0.2, -0.15) is 0 Å². The lowest BCUT2D eigenvalue weighted by atomic mass is 10.2. The van der Waals surface area contributed by atoms with Crippen LogP contribution in [0.3, 0.4) is 0 Å². The van der Waals surface area contributed by atoms with Crippen LogP contribution in [0.15, 0.2) is 22.7 Å². The molecule has 0 heterocycles. The molecule has 0 unspecified atom stereocenters. The quantitative estimate of drug-likeness (QED) is 0.498. The van der Waals surface area contributed by atoms with E-state index in [9.17, 15) is 4.79 Å². The molecule has 4 nitrogen and oxygen atoms in total. The Kier molecular flexibility index (Phi) is 6.00. The van der Waals surface area contributed by atoms with Crippen molar-refractivity contribution in [2.24, 2.45) is 0 Å². The molecule has 94 valence electrons. The normalized spacial score (nSPS) is 10.2. The molecule has 0 aliphatic heterocycles. The Bertz CT molecular complexity index is 382.